The summed E-state index contributed by atoms with van der Waals surface area (Å²) in [5.74, 6) is -0.520. The van der Waals surface area contributed by atoms with Gasteiger partial charge in [0.25, 0.3) is 11.8 Å². The molecule has 0 atom stereocenters. The zero-order valence-electron chi connectivity index (χ0n) is 16.4. The van der Waals surface area contributed by atoms with E-state index in [9.17, 15) is 14.4 Å². The van der Waals surface area contributed by atoms with Gasteiger partial charge in [0, 0.05) is 29.8 Å². The minimum absolute atomic E-state index is 0.0418. The molecule has 0 heterocycles. The summed E-state index contributed by atoms with van der Waals surface area (Å²) < 4.78 is 4.70. The summed E-state index contributed by atoms with van der Waals surface area (Å²) >= 11 is 0. The monoisotopic (exact) mass is 392 g/mol. The zero-order chi connectivity index (χ0) is 20.4. The summed E-state index contributed by atoms with van der Waals surface area (Å²) in [6, 6.07) is 14.5. The lowest BCUT2D eigenvalue weighted by Gasteiger charge is -2.23. The number of amides is 2. The fourth-order valence-electron chi connectivity index (χ4n) is 3.24. The van der Waals surface area contributed by atoms with Crippen LogP contribution < -0.4 is 5.32 Å². The second kappa shape index (κ2) is 8.07. The number of ether oxygens (including phenoxy) is 1. The summed E-state index contributed by atoms with van der Waals surface area (Å²) in [6.07, 6.45) is 4.10. The number of carbonyl (C=O) groups excluding carboxylic acids is 3. The molecular formula is C23H24N2O4. The molecule has 0 saturated heterocycles. The Hall–Kier alpha value is -3.15. The number of nitrogens with one attached hydrogen (secondary N) is 1. The maximum atomic E-state index is 13.0. The van der Waals surface area contributed by atoms with Gasteiger partial charge in [-0.1, -0.05) is 12.1 Å². The fraction of sp³-hybridized carbons (Fsp3) is 0.348. The van der Waals surface area contributed by atoms with Gasteiger partial charge >= 0.3 is 5.97 Å². The molecule has 2 aliphatic carbocycles. The molecule has 4 rings (SSSR count). The lowest BCUT2D eigenvalue weighted by molar-refractivity contribution is 0.0599. The second-order valence-electron chi connectivity index (χ2n) is 7.68. The van der Waals surface area contributed by atoms with E-state index in [1.807, 2.05) is 29.2 Å². The summed E-state index contributed by atoms with van der Waals surface area (Å²) in [4.78, 5) is 38.6. The number of carbonyl (C=O) groups is 3. The van der Waals surface area contributed by atoms with E-state index < -0.39 is 5.97 Å². The SMILES string of the molecule is COC(=O)c1ccc(C(=O)N(Cc2ccc(C(=O)NC3CC3)cc2)C2CC2)cc1. The van der Waals surface area contributed by atoms with Crippen LogP contribution in [0.4, 0.5) is 0 Å². The van der Waals surface area contributed by atoms with E-state index in [0.717, 1.165) is 31.2 Å². The Balaban J connectivity index is 1.44. The number of rotatable bonds is 7. The Bertz CT molecular complexity index is 913. The molecule has 2 saturated carbocycles. The molecule has 2 aliphatic rings. The van der Waals surface area contributed by atoms with Gasteiger partial charge in [-0.3, -0.25) is 9.59 Å². The predicted molar refractivity (Wildman–Crippen MR) is 108 cm³/mol. The van der Waals surface area contributed by atoms with Gasteiger partial charge in [-0.2, -0.15) is 0 Å². The molecule has 2 fully saturated rings. The lowest BCUT2D eigenvalue weighted by atomic mass is 10.1. The Morgan fingerprint density at radius 1 is 0.897 bits per heavy atom. The molecule has 2 aromatic carbocycles. The van der Waals surface area contributed by atoms with Crippen LogP contribution in [0.15, 0.2) is 48.5 Å². The highest BCUT2D eigenvalue weighted by atomic mass is 16.5. The summed E-state index contributed by atoms with van der Waals surface area (Å²) in [7, 11) is 1.33. The average Bonchev–Trinajstić information content (AvgIpc) is 3.66. The number of nitrogens with zero attached hydrogens (tertiary/aromatic N) is 1. The third-order valence-corrected chi connectivity index (χ3v) is 5.28. The molecule has 6 nitrogen and oxygen atoms in total. The number of esters is 1. The summed E-state index contributed by atoms with van der Waals surface area (Å²) in [5, 5.41) is 2.98. The van der Waals surface area contributed by atoms with E-state index in [2.05, 4.69) is 5.32 Å². The van der Waals surface area contributed by atoms with Gasteiger partial charge in [0.05, 0.1) is 12.7 Å². The maximum absolute atomic E-state index is 13.0. The third-order valence-electron chi connectivity index (χ3n) is 5.28. The van der Waals surface area contributed by atoms with Gasteiger partial charge in [0.1, 0.15) is 0 Å². The van der Waals surface area contributed by atoms with E-state index in [1.54, 1.807) is 24.3 Å². The van der Waals surface area contributed by atoms with Crippen LogP contribution in [0.3, 0.4) is 0 Å². The quantitative estimate of drug-likeness (QED) is 0.735. The van der Waals surface area contributed by atoms with Crippen LogP contribution >= 0.6 is 0 Å². The van der Waals surface area contributed by atoms with Crippen LogP contribution in [-0.2, 0) is 11.3 Å². The molecule has 0 spiro atoms. The van der Waals surface area contributed by atoms with Crippen LogP contribution in [0, 0.1) is 0 Å². The third kappa shape index (κ3) is 4.65. The molecule has 150 valence electrons. The number of benzene rings is 2. The van der Waals surface area contributed by atoms with E-state index in [-0.39, 0.29) is 17.9 Å². The number of methoxy groups -OCH3 is 1. The first-order valence-corrected chi connectivity index (χ1v) is 9.94. The molecule has 0 aromatic heterocycles. The summed E-state index contributed by atoms with van der Waals surface area (Å²) in [5.41, 5.74) is 2.59. The standard InChI is InChI=1S/C23H24N2O4/c1-29-23(28)18-8-6-17(7-9-18)22(27)25(20-12-13-20)14-15-2-4-16(5-3-15)21(26)24-19-10-11-19/h2-9,19-20H,10-14H2,1H3,(H,24,26). The number of hydrogen-bond acceptors (Lipinski definition) is 4. The highest BCUT2D eigenvalue weighted by Gasteiger charge is 2.33. The van der Waals surface area contributed by atoms with Crippen molar-refractivity contribution in [1.29, 1.82) is 0 Å². The molecule has 2 aromatic rings. The highest BCUT2D eigenvalue weighted by molar-refractivity contribution is 5.96. The fourth-order valence-corrected chi connectivity index (χ4v) is 3.24. The van der Waals surface area contributed by atoms with Crippen LogP contribution in [0.1, 0.15) is 62.3 Å². The lowest BCUT2D eigenvalue weighted by Crippen LogP contribution is -2.32. The first-order chi connectivity index (χ1) is 14.0. The second-order valence-corrected chi connectivity index (χ2v) is 7.68. The Labute approximate surface area is 169 Å². The van der Waals surface area contributed by atoms with Gasteiger partial charge in [-0.05, 0) is 67.6 Å². The van der Waals surface area contributed by atoms with Gasteiger partial charge in [-0.25, -0.2) is 4.79 Å². The predicted octanol–water partition coefficient (Wildman–Crippen LogP) is 3.17. The normalized spacial score (nSPS) is 15.5. The molecule has 29 heavy (non-hydrogen) atoms. The largest absolute Gasteiger partial charge is 0.465 e. The van der Waals surface area contributed by atoms with Crippen LogP contribution in [0.2, 0.25) is 0 Å². The molecule has 0 radical (unpaired) electrons. The minimum Gasteiger partial charge on any atom is -0.465 e. The molecule has 0 bridgehead atoms. The molecule has 0 aliphatic heterocycles. The van der Waals surface area contributed by atoms with Gasteiger partial charge in [0.2, 0.25) is 0 Å². The number of hydrogen-bond donors (Lipinski definition) is 1. The topological polar surface area (TPSA) is 75.7 Å². The van der Waals surface area contributed by atoms with Crippen LogP contribution in [0.5, 0.6) is 0 Å². The Morgan fingerprint density at radius 3 is 2.03 bits per heavy atom. The van der Waals surface area contributed by atoms with Crippen molar-refractivity contribution in [3.05, 3.63) is 70.8 Å². The van der Waals surface area contributed by atoms with Crippen molar-refractivity contribution in [3.8, 4) is 0 Å². The molecular weight excluding hydrogens is 368 g/mol. The first kappa shape index (κ1) is 19.2. The molecule has 6 heteroatoms. The van der Waals surface area contributed by atoms with Crippen LogP contribution in [0.25, 0.3) is 0 Å². The van der Waals surface area contributed by atoms with E-state index in [1.165, 1.54) is 7.11 Å². The van der Waals surface area contributed by atoms with E-state index in [4.69, 9.17) is 4.74 Å². The van der Waals surface area contributed by atoms with Gasteiger partial charge in [-0.15, -0.1) is 0 Å². The Kier molecular flexibility index (Phi) is 5.34. The zero-order valence-corrected chi connectivity index (χ0v) is 16.4. The maximum Gasteiger partial charge on any atom is 0.337 e. The molecule has 2 amide bonds. The van der Waals surface area contributed by atoms with Crippen molar-refractivity contribution in [3.63, 3.8) is 0 Å². The van der Waals surface area contributed by atoms with Crippen molar-refractivity contribution in [2.75, 3.05) is 7.11 Å². The smallest absolute Gasteiger partial charge is 0.337 e. The molecule has 0 unspecified atom stereocenters. The minimum atomic E-state index is -0.422. The van der Waals surface area contributed by atoms with E-state index >= 15 is 0 Å². The van der Waals surface area contributed by atoms with Crippen molar-refractivity contribution in [2.45, 2.75) is 44.3 Å². The van der Waals surface area contributed by atoms with Crippen LogP contribution in [-0.4, -0.2) is 41.9 Å². The van der Waals surface area contributed by atoms with Gasteiger partial charge in [0.15, 0.2) is 0 Å². The van der Waals surface area contributed by atoms with Gasteiger partial charge < -0.3 is 15.0 Å². The van der Waals surface area contributed by atoms with Crippen molar-refractivity contribution in [1.82, 2.24) is 10.2 Å². The van der Waals surface area contributed by atoms with Crippen molar-refractivity contribution < 1.29 is 19.1 Å². The molecule has 1 N–H and O–H groups in total. The average molecular weight is 392 g/mol. The summed E-state index contributed by atoms with van der Waals surface area (Å²) in [6.45, 7) is 0.493. The van der Waals surface area contributed by atoms with Crippen molar-refractivity contribution >= 4 is 17.8 Å². The Morgan fingerprint density at radius 2 is 1.48 bits per heavy atom. The van der Waals surface area contributed by atoms with Crippen molar-refractivity contribution in [2.24, 2.45) is 0 Å². The first-order valence-electron chi connectivity index (χ1n) is 9.94. The van der Waals surface area contributed by atoms with E-state index in [0.29, 0.717) is 29.3 Å². The highest BCUT2D eigenvalue weighted by Crippen LogP contribution is 2.30.